The molecular weight excluding hydrogens is 218 g/mol. The van der Waals surface area contributed by atoms with Gasteiger partial charge in [0, 0.05) is 25.6 Å². The largest absolute Gasteiger partial charge is 0.352 e. The quantitative estimate of drug-likeness (QED) is 0.682. The Morgan fingerprint density at radius 1 is 1.24 bits per heavy atom. The van der Waals surface area contributed by atoms with Crippen LogP contribution in [-0.2, 0) is 14.3 Å². The molecule has 94 valence electrons. The summed E-state index contributed by atoms with van der Waals surface area (Å²) in [6.45, 7) is 6.35. The van der Waals surface area contributed by atoms with Gasteiger partial charge in [-0.15, -0.1) is 0 Å². The summed E-state index contributed by atoms with van der Waals surface area (Å²) in [5.41, 5.74) is 0.874. The molecule has 1 aromatic rings. The molecule has 1 unspecified atom stereocenters. The number of ketones is 1. The molecule has 1 rings (SSSR count). The van der Waals surface area contributed by atoms with Gasteiger partial charge in [0.2, 0.25) is 0 Å². The van der Waals surface area contributed by atoms with Crippen LogP contribution in [-0.4, -0.2) is 30.3 Å². The average molecular weight is 237 g/mol. The molecule has 0 aliphatic carbocycles. The lowest BCUT2D eigenvalue weighted by molar-refractivity contribution is -0.159. The Labute approximate surface area is 102 Å². The van der Waals surface area contributed by atoms with Gasteiger partial charge in [-0.25, -0.2) is 0 Å². The molecule has 0 bridgehead atoms. The predicted octanol–water partition coefficient (Wildman–Crippen LogP) is 2.15. The van der Waals surface area contributed by atoms with Gasteiger partial charge in [0.15, 0.2) is 6.29 Å². The molecular formula is C13H19NO3. The van der Waals surface area contributed by atoms with Crippen molar-refractivity contribution in [3.05, 3.63) is 30.1 Å². The Bertz CT molecular complexity index is 334. The first-order chi connectivity index (χ1) is 8.20. The fraction of sp³-hybridized carbons (Fsp3) is 0.538. The summed E-state index contributed by atoms with van der Waals surface area (Å²) in [5, 5.41) is 0. The monoisotopic (exact) mass is 237 g/mol. The number of Topliss-reactive ketones (excluding diaryl/α,β-unsaturated/α-hetero) is 1. The molecule has 1 heterocycles. The Morgan fingerprint density at radius 3 is 2.18 bits per heavy atom. The third kappa shape index (κ3) is 3.91. The van der Waals surface area contributed by atoms with E-state index in [1.807, 2.05) is 26.0 Å². The zero-order valence-electron chi connectivity index (χ0n) is 10.6. The van der Waals surface area contributed by atoms with Gasteiger partial charge in [0.25, 0.3) is 0 Å². The van der Waals surface area contributed by atoms with Crippen LogP contribution in [0.15, 0.2) is 24.5 Å². The molecule has 0 amide bonds. The lowest BCUT2D eigenvalue weighted by Crippen LogP contribution is -2.30. The third-order valence-electron chi connectivity index (χ3n) is 2.44. The van der Waals surface area contributed by atoms with Crippen molar-refractivity contribution in [3.63, 3.8) is 0 Å². The van der Waals surface area contributed by atoms with Gasteiger partial charge in [0.1, 0.15) is 5.78 Å². The van der Waals surface area contributed by atoms with Gasteiger partial charge in [-0.05, 0) is 38.5 Å². The van der Waals surface area contributed by atoms with Crippen molar-refractivity contribution in [2.24, 2.45) is 0 Å². The van der Waals surface area contributed by atoms with Crippen molar-refractivity contribution in [3.8, 4) is 0 Å². The van der Waals surface area contributed by atoms with Gasteiger partial charge in [-0.2, -0.15) is 0 Å². The van der Waals surface area contributed by atoms with Crippen LogP contribution in [0.5, 0.6) is 0 Å². The minimum absolute atomic E-state index is 0.0306. The summed E-state index contributed by atoms with van der Waals surface area (Å²) >= 11 is 0. The van der Waals surface area contributed by atoms with Crippen molar-refractivity contribution in [2.75, 3.05) is 13.2 Å². The molecule has 0 radical (unpaired) electrons. The van der Waals surface area contributed by atoms with Crippen LogP contribution in [0.2, 0.25) is 0 Å². The summed E-state index contributed by atoms with van der Waals surface area (Å²) in [7, 11) is 0. The molecule has 0 aliphatic heterocycles. The second kappa shape index (κ2) is 7.14. The van der Waals surface area contributed by atoms with E-state index >= 15 is 0 Å². The maximum absolute atomic E-state index is 11.8. The summed E-state index contributed by atoms with van der Waals surface area (Å²) < 4.78 is 11.0. The Hall–Kier alpha value is -1.26. The SMILES string of the molecule is CCOC(OCC)C(C(C)=O)c1ccncc1. The Kier molecular flexibility index (Phi) is 5.80. The Morgan fingerprint density at radius 2 is 1.76 bits per heavy atom. The molecule has 0 saturated heterocycles. The highest BCUT2D eigenvalue weighted by Gasteiger charge is 2.28. The van der Waals surface area contributed by atoms with Gasteiger partial charge >= 0.3 is 0 Å². The highest BCUT2D eigenvalue weighted by atomic mass is 16.7. The summed E-state index contributed by atoms with van der Waals surface area (Å²) in [6.07, 6.45) is 2.81. The molecule has 4 heteroatoms. The van der Waals surface area contributed by atoms with E-state index in [2.05, 4.69) is 4.98 Å². The van der Waals surface area contributed by atoms with Gasteiger partial charge < -0.3 is 9.47 Å². The smallest absolute Gasteiger partial charge is 0.171 e. The first-order valence-electron chi connectivity index (χ1n) is 5.84. The molecule has 0 N–H and O–H groups in total. The fourth-order valence-electron chi connectivity index (χ4n) is 1.72. The summed E-state index contributed by atoms with van der Waals surface area (Å²) in [6, 6.07) is 3.63. The number of carbonyl (C=O) groups is 1. The van der Waals surface area contributed by atoms with Gasteiger partial charge in [0.05, 0.1) is 5.92 Å². The third-order valence-corrected chi connectivity index (χ3v) is 2.44. The van der Waals surface area contributed by atoms with E-state index < -0.39 is 12.2 Å². The lowest BCUT2D eigenvalue weighted by Gasteiger charge is -2.25. The van der Waals surface area contributed by atoms with E-state index in [1.165, 1.54) is 0 Å². The van der Waals surface area contributed by atoms with Crippen molar-refractivity contribution < 1.29 is 14.3 Å². The predicted molar refractivity (Wildman–Crippen MR) is 64.7 cm³/mol. The van der Waals surface area contributed by atoms with E-state index in [0.29, 0.717) is 13.2 Å². The number of hydrogen-bond donors (Lipinski definition) is 0. The van der Waals surface area contributed by atoms with Crippen LogP contribution in [0, 0.1) is 0 Å². The van der Waals surface area contributed by atoms with Crippen LogP contribution in [0.3, 0.4) is 0 Å². The molecule has 0 fully saturated rings. The van der Waals surface area contributed by atoms with Crippen LogP contribution >= 0.6 is 0 Å². The maximum atomic E-state index is 11.8. The Balaban J connectivity index is 2.94. The highest BCUT2D eigenvalue weighted by Crippen LogP contribution is 2.23. The number of nitrogens with zero attached hydrogens (tertiary/aromatic N) is 1. The number of hydrogen-bond acceptors (Lipinski definition) is 4. The zero-order chi connectivity index (χ0) is 12.7. The van der Waals surface area contributed by atoms with Gasteiger partial charge in [-0.3, -0.25) is 9.78 Å². The number of pyridine rings is 1. The van der Waals surface area contributed by atoms with E-state index in [0.717, 1.165) is 5.56 Å². The summed E-state index contributed by atoms with van der Waals surface area (Å²) in [5.74, 6) is -0.360. The van der Waals surface area contributed by atoms with Crippen molar-refractivity contribution in [1.82, 2.24) is 4.98 Å². The number of ether oxygens (including phenoxy) is 2. The number of aromatic nitrogens is 1. The first-order valence-corrected chi connectivity index (χ1v) is 5.84. The topological polar surface area (TPSA) is 48.4 Å². The first kappa shape index (κ1) is 13.8. The molecule has 4 nitrogen and oxygen atoms in total. The molecule has 0 aromatic carbocycles. The number of carbonyl (C=O) groups excluding carboxylic acids is 1. The van der Waals surface area contributed by atoms with E-state index in [1.54, 1.807) is 19.3 Å². The van der Waals surface area contributed by atoms with Gasteiger partial charge in [-0.1, -0.05) is 0 Å². The molecule has 1 atom stereocenters. The van der Waals surface area contributed by atoms with Crippen LogP contribution in [0.25, 0.3) is 0 Å². The summed E-state index contributed by atoms with van der Waals surface area (Å²) in [4.78, 5) is 15.7. The highest BCUT2D eigenvalue weighted by molar-refractivity contribution is 5.83. The average Bonchev–Trinajstić information content (AvgIpc) is 2.31. The molecule has 0 saturated carbocycles. The second-order valence-electron chi connectivity index (χ2n) is 3.65. The number of rotatable bonds is 7. The van der Waals surface area contributed by atoms with E-state index in [-0.39, 0.29) is 5.78 Å². The normalized spacial score (nSPS) is 12.7. The van der Waals surface area contributed by atoms with E-state index in [4.69, 9.17) is 9.47 Å². The second-order valence-corrected chi connectivity index (χ2v) is 3.65. The zero-order valence-corrected chi connectivity index (χ0v) is 10.6. The maximum Gasteiger partial charge on any atom is 0.171 e. The molecule has 0 aliphatic rings. The van der Waals surface area contributed by atoms with Crippen molar-refractivity contribution >= 4 is 5.78 Å². The van der Waals surface area contributed by atoms with Crippen LogP contribution in [0.4, 0.5) is 0 Å². The standard InChI is InChI=1S/C13H19NO3/c1-4-16-13(17-5-2)12(10(3)15)11-6-8-14-9-7-11/h6-9,12-13H,4-5H2,1-3H3. The molecule has 17 heavy (non-hydrogen) atoms. The molecule has 0 spiro atoms. The lowest BCUT2D eigenvalue weighted by atomic mass is 9.95. The fourth-order valence-corrected chi connectivity index (χ4v) is 1.72. The van der Waals surface area contributed by atoms with Crippen molar-refractivity contribution in [1.29, 1.82) is 0 Å². The minimum atomic E-state index is -0.523. The van der Waals surface area contributed by atoms with Crippen molar-refractivity contribution in [2.45, 2.75) is 33.0 Å². The van der Waals surface area contributed by atoms with Crippen LogP contribution < -0.4 is 0 Å². The van der Waals surface area contributed by atoms with E-state index in [9.17, 15) is 4.79 Å². The minimum Gasteiger partial charge on any atom is -0.352 e. The molecule has 1 aromatic heterocycles. The van der Waals surface area contributed by atoms with Crippen LogP contribution in [0.1, 0.15) is 32.3 Å².